The van der Waals surface area contributed by atoms with E-state index in [4.69, 9.17) is 4.74 Å². The highest BCUT2D eigenvalue weighted by molar-refractivity contribution is 5.91. The molecular weight excluding hydrogens is 562 g/mol. The fraction of sp³-hybridized carbons (Fsp3) is 0.649. The van der Waals surface area contributed by atoms with E-state index in [0.29, 0.717) is 31.0 Å². The van der Waals surface area contributed by atoms with E-state index < -0.39 is 6.04 Å². The zero-order valence-corrected chi connectivity index (χ0v) is 27.8. The van der Waals surface area contributed by atoms with Crippen LogP contribution < -0.4 is 15.6 Å². The van der Waals surface area contributed by atoms with Crippen LogP contribution in [-0.4, -0.2) is 68.4 Å². The topological polar surface area (TPSA) is 86.3 Å². The van der Waals surface area contributed by atoms with Crippen LogP contribution in [0.25, 0.3) is 6.08 Å². The van der Waals surface area contributed by atoms with Crippen molar-refractivity contribution in [2.24, 2.45) is 34.2 Å². The first-order valence-corrected chi connectivity index (χ1v) is 17.5. The van der Waals surface area contributed by atoms with Crippen molar-refractivity contribution in [1.82, 2.24) is 15.6 Å². The average Bonchev–Trinajstić information content (AvgIpc) is 3.42. The zero-order valence-electron chi connectivity index (χ0n) is 27.8. The quantitative estimate of drug-likeness (QED) is 0.244. The number of ether oxygens (including phenoxy) is 1. The third-order valence-electron chi connectivity index (χ3n) is 11.1. The molecule has 244 valence electrons. The Morgan fingerprint density at radius 1 is 1.00 bits per heavy atom. The molecule has 6 aliphatic rings. The van der Waals surface area contributed by atoms with Gasteiger partial charge in [0.05, 0.1) is 19.4 Å². The number of hydrogen-bond acceptors (Lipinski definition) is 6. The molecule has 0 aromatic heterocycles. The van der Waals surface area contributed by atoms with Gasteiger partial charge in [-0.2, -0.15) is 5.10 Å². The fourth-order valence-electron chi connectivity index (χ4n) is 9.20. The summed E-state index contributed by atoms with van der Waals surface area (Å²) in [5.74, 6) is 1.87. The van der Waals surface area contributed by atoms with Crippen LogP contribution in [0.3, 0.4) is 0 Å². The predicted molar refractivity (Wildman–Crippen MR) is 181 cm³/mol. The van der Waals surface area contributed by atoms with E-state index in [1.54, 1.807) is 0 Å². The van der Waals surface area contributed by atoms with E-state index in [0.717, 1.165) is 63.9 Å². The molecule has 7 rings (SSSR count). The van der Waals surface area contributed by atoms with Gasteiger partial charge in [-0.1, -0.05) is 26.0 Å². The van der Waals surface area contributed by atoms with Crippen molar-refractivity contribution in [2.45, 2.75) is 85.1 Å². The average molecular weight is 616 g/mol. The Morgan fingerprint density at radius 3 is 2.20 bits per heavy atom. The molecule has 45 heavy (non-hydrogen) atoms. The second-order valence-electron chi connectivity index (χ2n) is 14.5. The number of carbonyl (C=O) groups is 2. The minimum absolute atomic E-state index is 0.0321. The molecule has 1 heterocycles. The molecule has 5 aliphatic carbocycles. The molecule has 4 bridgehead atoms. The van der Waals surface area contributed by atoms with Crippen molar-refractivity contribution >= 4 is 29.8 Å². The number of amides is 2. The highest BCUT2D eigenvalue weighted by Gasteiger charge is 2.55. The van der Waals surface area contributed by atoms with Gasteiger partial charge in [0, 0.05) is 43.0 Å². The van der Waals surface area contributed by atoms with Crippen molar-refractivity contribution in [3.63, 3.8) is 0 Å². The number of rotatable bonds is 11. The molecule has 8 nitrogen and oxygen atoms in total. The summed E-state index contributed by atoms with van der Waals surface area (Å²) in [5, 5.41) is 7.66. The molecule has 5 fully saturated rings. The lowest BCUT2D eigenvalue weighted by atomic mass is 9.49. The first-order chi connectivity index (χ1) is 21.8. The van der Waals surface area contributed by atoms with Crippen molar-refractivity contribution in [1.29, 1.82) is 0 Å². The van der Waals surface area contributed by atoms with Gasteiger partial charge in [-0.15, -0.1) is 0 Å². The highest BCUT2D eigenvalue weighted by Crippen LogP contribution is 2.60. The summed E-state index contributed by atoms with van der Waals surface area (Å²) in [6.07, 6.45) is 12.8. The van der Waals surface area contributed by atoms with Crippen LogP contribution in [0.15, 0.2) is 46.2 Å². The van der Waals surface area contributed by atoms with Gasteiger partial charge in [-0.25, -0.2) is 5.43 Å². The maximum absolute atomic E-state index is 13.7. The summed E-state index contributed by atoms with van der Waals surface area (Å²) in [4.78, 5) is 31.9. The molecule has 1 aliphatic heterocycles. The number of carbonyl (C=O) groups excluding carboxylic acids is 2. The molecule has 1 saturated heterocycles. The number of allylic oxidation sites excluding steroid dienone is 2. The number of hydrazone groups is 1. The molecule has 1 unspecified atom stereocenters. The zero-order chi connectivity index (χ0) is 31.6. The van der Waals surface area contributed by atoms with Gasteiger partial charge < -0.3 is 19.9 Å². The van der Waals surface area contributed by atoms with E-state index in [1.807, 2.05) is 20.1 Å². The maximum atomic E-state index is 13.7. The van der Waals surface area contributed by atoms with Crippen LogP contribution in [0.5, 0.6) is 0 Å². The van der Waals surface area contributed by atoms with E-state index in [1.165, 1.54) is 41.8 Å². The Hall–Kier alpha value is -3.13. The molecule has 0 spiro atoms. The van der Waals surface area contributed by atoms with Gasteiger partial charge in [0.25, 0.3) is 5.91 Å². The third-order valence-corrected chi connectivity index (χ3v) is 11.1. The molecular formula is C37H53N5O3. The lowest BCUT2D eigenvalue weighted by Crippen LogP contribution is -2.58. The molecule has 2 amide bonds. The van der Waals surface area contributed by atoms with Crippen molar-refractivity contribution in [3.05, 3.63) is 46.7 Å². The van der Waals surface area contributed by atoms with Gasteiger partial charge in [-0.05, 0) is 124 Å². The largest absolute Gasteiger partial charge is 0.378 e. The minimum atomic E-state index is -0.603. The van der Waals surface area contributed by atoms with E-state index in [-0.39, 0.29) is 23.1 Å². The van der Waals surface area contributed by atoms with E-state index >= 15 is 0 Å². The Labute approximate surface area is 269 Å². The van der Waals surface area contributed by atoms with Gasteiger partial charge in [0.2, 0.25) is 5.91 Å². The number of nitrogens with one attached hydrogen (secondary N) is 2. The van der Waals surface area contributed by atoms with Gasteiger partial charge in [-0.3, -0.25) is 9.59 Å². The molecule has 1 aromatic carbocycles. The summed E-state index contributed by atoms with van der Waals surface area (Å²) in [7, 11) is 0. The standard InChI is InChI=1S/C37H53N5O3/c1-5-41(6-2)32-11-7-26(8-12-32)20-30-9-10-31(34(30)42-13-15-45-16-14-42)24-38-40-35(43)33(25(3)4)39-36(44)37-21-27-17-28(22-37)19-29(18-27)23-37/h7-8,11-12,20,24-25,27-29,33H,5-6,9-10,13-19,21-23H2,1-4H3,(H,39,44)(H,40,43)/b30-20-,38-24?. The lowest BCUT2D eigenvalue weighted by Gasteiger charge is -2.55. The predicted octanol–water partition coefficient (Wildman–Crippen LogP) is 5.76. The van der Waals surface area contributed by atoms with Crippen molar-refractivity contribution < 1.29 is 14.3 Å². The SMILES string of the molecule is CCN(CC)c1ccc(/C=C2/CCC(C=NNC(=O)C(NC(=O)C34CC5CC(CC(C5)C3)C4)C(C)C)=C2N2CCOCC2)cc1. The fourth-order valence-corrected chi connectivity index (χ4v) is 9.20. The number of hydrogen-bond donors (Lipinski definition) is 2. The first-order valence-electron chi connectivity index (χ1n) is 17.5. The van der Waals surface area contributed by atoms with Crippen molar-refractivity contribution in [3.8, 4) is 0 Å². The number of benzene rings is 1. The number of anilines is 1. The molecule has 4 saturated carbocycles. The van der Waals surface area contributed by atoms with Gasteiger partial charge in [0.15, 0.2) is 0 Å². The summed E-state index contributed by atoms with van der Waals surface area (Å²) in [5.41, 5.74) is 8.59. The lowest BCUT2D eigenvalue weighted by molar-refractivity contribution is -0.149. The van der Waals surface area contributed by atoms with Crippen LogP contribution in [0.4, 0.5) is 5.69 Å². The van der Waals surface area contributed by atoms with Crippen LogP contribution >= 0.6 is 0 Å². The second kappa shape index (κ2) is 13.7. The summed E-state index contributed by atoms with van der Waals surface area (Å²) in [6, 6.07) is 8.21. The van der Waals surface area contributed by atoms with Gasteiger partial charge in [0.1, 0.15) is 6.04 Å². The van der Waals surface area contributed by atoms with E-state index in [9.17, 15) is 9.59 Å². The number of nitrogens with zero attached hydrogens (tertiary/aromatic N) is 3. The van der Waals surface area contributed by atoms with Crippen LogP contribution in [0.1, 0.15) is 84.6 Å². The van der Waals surface area contributed by atoms with Crippen LogP contribution in [-0.2, 0) is 14.3 Å². The molecule has 8 heteroatoms. The minimum Gasteiger partial charge on any atom is -0.378 e. The van der Waals surface area contributed by atoms with Gasteiger partial charge >= 0.3 is 0 Å². The Kier molecular flexibility index (Phi) is 9.69. The molecule has 1 atom stereocenters. The summed E-state index contributed by atoms with van der Waals surface area (Å²) < 4.78 is 5.66. The smallest absolute Gasteiger partial charge is 0.262 e. The second-order valence-corrected chi connectivity index (χ2v) is 14.5. The highest BCUT2D eigenvalue weighted by atomic mass is 16.5. The summed E-state index contributed by atoms with van der Waals surface area (Å²) >= 11 is 0. The Bertz CT molecular complexity index is 1280. The normalized spacial score (nSPS) is 29.2. The molecule has 2 N–H and O–H groups in total. The van der Waals surface area contributed by atoms with Crippen LogP contribution in [0.2, 0.25) is 0 Å². The summed E-state index contributed by atoms with van der Waals surface area (Å²) in [6.45, 7) is 13.4. The third kappa shape index (κ3) is 6.86. The van der Waals surface area contributed by atoms with Crippen LogP contribution in [0, 0.1) is 29.1 Å². The van der Waals surface area contributed by atoms with Crippen molar-refractivity contribution in [2.75, 3.05) is 44.3 Å². The monoisotopic (exact) mass is 615 g/mol. The maximum Gasteiger partial charge on any atom is 0.262 e. The molecule has 1 aromatic rings. The number of morpholine rings is 1. The Morgan fingerprint density at radius 2 is 1.62 bits per heavy atom. The molecule has 0 radical (unpaired) electrons. The first kappa shape index (κ1) is 31.8. The Balaban J connectivity index is 1.15. The van der Waals surface area contributed by atoms with E-state index in [2.05, 4.69) is 69.8 Å².